The van der Waals surface area contributed by atoms with Crippen molar-refractivity contribution in [1.29, 1.82) is 5.26 Å². The summed E-state index contributed by atoms with van der Waals surface area (Å²) in [4.78, 5) is 14.1. The lowest BCUT2D eigenvalue weighted by molar-refractivity contribution is -0.135. The first-order valence-electron chi connectivity index (χ1n) is 6.90. The van der Waals surface area contributed by atoms with Crippen molar-refractivity contribution in [2.45, 2.75) is 39.0 Å². The van der Waals surface area contributed by atoms with Crippen LogP contribution in [0.15, 0.2) is 0 Å². The summed E-state index contributed by atoms with van der Waals surface area (Å²) in [7, 11) is 0. The van der Waals surface area contributed by atoms with E-state index in [9.17, 15) is 4.79 Å². The van der Waals surface area contributed by atoms with Gasteiger partial charge in [0.05, 0.1) is 11.5 Å². The molecule has 2 aliphatic rings. The summed E-state index contributed by atoms with van der Waals surface area (Å²) in [6.07, 6.45) is 4.40. The molecule has 0 radical (unpaired) electrons. The van der Waals surface area contributed by atoms with Crippen molar-refractivity contribution < 1.29 is 9.53 Å². The number of hydrogen-bond acceptors (Lipinski definition) is 3. The largest absolute Gasteiger partial charge is 0.381 e. The summed E-state index contributed by atoms with van der Waals surface area (Å²) in [6, 6.07) is 2.36. The minimum absolute atomic E-state index is 0.231. The summed E-state index contributed by atoms with van der Waals surface area (Å²) in [5.74, 6) is 0.640. The Bertz CT molecular complexity index is 334. The number of hydrogen-bond donors (Lipinski definition) is 0. The van der Waals surface area contributed by atoms with Gasteiger partial charge in [-0.05, 0) is 38.5 Å². The van der Waals surface area contributed by atoms with E-state index in [0.717, 1.165) is 52.0 Å². The molecule has 2 saturated heterocycles. The highest BCUT2D eigenvalue weighted by Crippen LogP contribution is 2.30. The predicted molar refractivity (Wildman–Crippen MR) is 67.7 cm³/mol. The Balaban J connectivity index is 1.79. The Morgan fingerprint density at radius 2 is 2.22 bits per heavy atom. The molecule has 1 atom stereocenters. The van der Waals surface area contributed by atoms with E-state index < -0.39 is 0 Å². The van der Waals surface area contributed by atoms with Gasteiger partial charge < -0.3 is 9.64 Å². The smallest absolute Gasteiger partial charge is 0.222 e. The van der Waals surface area contributed by atoms with Crippen LogP contribution in [0.1, 0.15) is 39.0 Å². The molecular formula is C14H22N2O2. The first-order valence-corrected chi connectivity index (χ1v) is 6.90. The van der Waals surface area contributed by atoms with E-state index >= 15 is 0 Å². The molecule has 0 aromatic heterocycles. The third-order valence-electron chi connectivity index (χ3n) is 4.21. The first kappa shape index (κ1) is 13.4. The number of nitrogens with zero attached hydrogens (tertiary/aromatic N) is 2. The zero-order chi connectivity index (χ0) is 13.0. The number of ether oxygens (including phenoxy) is 1. The molecule has 0 aromatic carbocycles. The lowest BCUT2D eigenvalue weighted by atomic mass is 9.82. The summed E-state index contributed by atoms with van der Waals surface area (Å²) in [6.45, 7) is 5.03. The molecule has 2 fully saturated rings. The van der Waals surface area contributed by atoms with Gasteiger partial charge in [0, 0.05) is 32.7 Å². The molecule has 4 nitrogen and oxygen atoms in total. The van der Waals surface area contributed by atoms with Gasteiger partial charge in [0.1, 0.15) is 0 Å². The fraction of sp³-hybridized carbons (Fsp3) is 0.857. The van der Waals surface area contributed by atoms with Gasteiger partial charge in [-0.3, -0.25) is 4.79 Å². The molecule has 2 heterocycles. The van der Waals surface area contributed by atoms with Crippen molar-refractivity contribution in [2.24, 2.45) is 11.3 Å². The van der Waals surface area contributed by atoms with E-state index in [-0.39, 0.29) is 11.3 Å². The summed E-state index contributed by atoms with van der Waals surface area (Å²) < 4.78 is 5.41. The molecule has 18 heavy (non-hydrogen) atoms. The van der Waals surface area contributed by atoms with Crippen molar-refractivity contribution in [3.05, 3.63) is 0 Å². The van der Waals surface area contributed by atoms with Crippen molar-refractivity contribution in [3.63, 3.8) is 0 Å². The first-order chi connectivity index (χ1) is 8.63. The normalized spacial score (nSPS) is 27.6. The van der Waals surface area contributed by atoms with Gasteiger partial charge in [-0.15, -0.1) is 0 Å². The van der Waals surface area contributed by atoms with Crippen LogP contribution < -0.4 is 0 Å². The molecule has 0 aromatic rings. The highest BCUT2D eigenvalue weighted by atomic mass is 16.5. The zero-order valence-corrected chi connectivity index (χ0v) is 11.2. The topological polar surface area (TPSA) is 53.3 Å². The SMILES string of the molecule is CC1(C#N)CCN(C(=O)CC2CCCOC2)CC1. The number of rotatable bonds is 2. The lowest BCUT2D eigenvalue weighted by Crippen LogP contribution is -2.42. The molecule has 1 unspecified atom stereocenters. The quantitative estimate of drug-likeness (QED) is 0.752. The van der Waals surface area contributed by atoms with Gasteiger partial charge >= 0.3 is 0 Å². The molecule has 1 amide bonds. The van der Waals surface area contributed by atoms with Crippen LogP contribution in [0.3, 0.4) is 0 Å². The van der Waals surface area contributed by atoms with Gasteiger partial charge in [0.2, 0.25) is 5.91 Å². The monoisotopic (exact) mass is 250 g/mol. The number of nitriles is 1. The Kier molecular flexibility index (Phi) is 4.23. The van der Waals surface area contributed by atoms with Gasteiger partial charge in [0.15, 0.2) is 0 Å². The Labute approximate surface area is 109 Å². The highest BCUT2D eigenvalue weighted by Gasteiger charge is 2.32. The second-order valence-electron chi connectivity index (χ2n) is 5.84. The van der Waals surface area contributed by atoms with Crippen LogP contribution in [-0.2, 0) is 9.53 Å². The summed E-state index contributed by atoms with van der Waals surface area (Å²) in [5, 5.41) is 9.07. The zero-order valence-electron chi connectivity index (χ0n) is 11.2. The number of piperidine rings is 1. The molecule has 0 aliphatic carbocycles. The molecule has 2 aliphatic heterocycles. The second kappa shape index (κ2) is 5.71. The van der Waals surface area contributed by atoms with Crippen molar-refractivity contribution in [3.8, 4) is 6.07 Å². The van der Waals surface area contributed by atoms with Crippen LogP contribution in [0.25, 0.3) is 0 Å². The minimum Gasteiger partial charge on any atom is -0.381 e. The molecule has 2 rings (SSSR count). The molecule has 100 valence electrons. The summed E-state index contributed by atoms with van der Waals surface area (Å²) in [5.41, 5.74) is -0.231. The van der Waals surface area contributed by atoms with E-state index in [4.69, 9.17) is 10.00 Å². The molecule has 0 saturated carbocycles. The van der Waals surface area contributed by atoms with Gasteiger partial charge in [-0.2, -0.15) is 5.26 Å². The average Bonchev–Trinajstić information content (AvgIpc) is 2.40. The molecule has 0 bridgehead atoms. The maximum absolute atomic E-state index is 12.2. The molecule has 4 heteroatoms. The maximum atomic E-state index is 12.2. The third kappa shape index (κ3) is 3.23. The van der Waals surface area contributed by atoms with Crippen molar-refractivity contribution >= 4 is 5.91 Å². The fourth-order valence-electron chi connectivity index (χ4n) is 2.71. The third-order valence-corrected chi connectivity index (χ3v) is 4.21. The Morgan fingerprint density at radius 1 is 1.50 bits per heavy atom. The van der Waals surface area contributed by atoms with Gasteiger partial charge in [0.25, 0.3) is 0 Å². The van der Waals surface area contributed by atoms with Crippen molar-refractivity contribution in [1.82, 2.24) is 4.90 Å². The van der Waals surface area contributed by atoms with Gasteiger partial charge in [-0.25, -0.2) is 0 Å². The Morgan fingerprint density at radius 3 is 2.78 bits per heavy atom. The number of amides is 1. The van der Waals surface area contributed by atoms with Gasteiger partial charge in [-0.1, -0.05) is 0 Å². The maximum Gasteiger partial charge on any atom is 0.222 e. The van der Waals surface area contributed by atoms with E-state index in [0.29, 0.717) is 12.3 Å². The van der Waals surface area contributed by atoms with Crippen LogP contribution in [0.4, 0.5) is 0 Å². The average molecular weight is 250 g/mol. The predicted octanol–water partition coefficient (Wildman–Crippen LogP) is 1.96. The number of carbonyl (C=O) groups is 1. The lowest BCUT2D eigenvalue weighted by Gasteiger charge is -2.35. The number of carbonyl (C=O) groups excluding carboxylic acids is 1. The Hall–Kier alpha value is -1.08. The van der Waals surface area contributed by atoms with Crippen LogP contribution in [0.2, 0.25) is 0 Å². The van der Waals surface area contributed by atoms with E-state index in [1.165, 1.54) is 0 Å². The van der Waals surface area contributed by atoms with E-state index in [1.54, 1.807) is 0 Å². The number of likely N-dealkylation sites (tertiary alicyclic amines) is 1. The van der Waals surface area contributed by atoms with E-state index in [2.05, 4.69) is 6.07 Å². The second-order valence-corrected chi connectivity index (χ2v) is 5.84. The van der Waals surface area contributed by atoms with Crippen LogP contribution >= 0.6 is 0 Å². The molecular weight excluding hydrogens is 228 g/mol. The minimum atomic E-state index is -0.231. The van der Waals surface area contributed by atoms with E-state index in [1.807, 2.05) is 11.8 Å². The molecule has 0 N–H and O–H groups in total. The van der Waals surface area contributed by atoms with Crippen LogP contribution in [0.5, 0.6) is 0 Å². The standard InChI is InChI=1S/C14H22N2O2/c1-14(11-15)4-6-16(7-5-14)13(17)9-12-3-2-8-18-10-12/h12H,2-10H2,1H3. The summed E-state index contributed by atoms with van der Waals surface area (Å²) >= 11 is 0. The van der Waals surface area contributed by atoms with Crippen molar-refractivity contribution in [2.75, 3.05) is 26.3 Å². The highest BCUT2D eigenvalue weighted by molar-refractivity contribution is 5.76. The molecule has 0 spiro atoms. The fourth-order valence-corrected chi connectivity index (χ4v) is 2.71. The van der Waals surface area contributed by atoms with Crippen LogP contribution in [0, 0.1) is 22.7 Å². The van der Waals surface area contributed by atoms with Crippen LogP contribution in [-0.4, -0.2) is 37.1 Å².